The smallest absolute Gasteiger partial charge is 0.279 e. The molecule has 0 aliphatic carbocycles. The molecule has 1 aliphatic rings. The van der Waals surface area contributed by atoms with Crippen molar-refractivity contribution in [2.75, 3.05) is 11.9 Å². The first-order valence-corrected chi connectivity index (χ1v) is 10.6. The second-order valence-electron chi connectivity index (χ2n) is 7.13. The molecule has 5 rings (SSSR count). The molecule has 160 valence electrons. The van der Waals surface area contributed by atoms with Crippen LogP contribution in [0.4, 0.5) is 10.8 Å². The minimum atomic E-state index is -0.489. The predicted molar refractivity (Wildman–Crippen MR) is 117 cm³/mol. The first-order valence-electron chi connectivity index (χ1n) is 9.70. The highest BCUT2D eigenvalue weighted by atomic mass is 32.1. The number of amides is 1. The third-order valence-electron chi connectivity index (χ3n) is 5.10. The lowest BCUT2D eigenvalue weighted by Gasteiger charge is -2.04. The number of hydrogen-bond acceptors (Lipinski definition) is 8. The van der Waals surface area contributed by atoms with Crippen molar-refractivity contribution in [2.24, 2.45) is 0 Å². The van der Waals surface area contributed by atoms with Gasteiger partial charge in [0.15, 0.2) is 10.8 Å². The van der Waals surface area contributed by atoms with E-state index < -0.39 is 10.8 Å². The number of anilines is 1. The summed E-state index contributed by atoms with van der Waals surface area (Å²) in [5.74, 6) is 0.447. The molecule has 0 saturated carbocycles. The van der Waals surface area contributed by atoms with Crippen LogP contribution >= 0.6 is 11.3 Å². The van der Waals surface area contributed by atoms with Crippen LogP contribution < -0.4 is 10.1 Å². The Morgan fingerprint density at radius 3 is 3.00 bits per heavy atom. The van der Waals surface area contributed by atoms with Crippen molar-refractivity contribution in [1.29, 1.82) is 0 Å². The summed E-state index contributed by atoms with van der Waals surface area (Å²) >= 11 is 1.31. The number of carbonyl (C=O) groups is 1. The van der Waals surface area contributed by atoms with Crippen LogP contribution in [0, 0.1) is 17.0 Å². The molecule has 0 unspecified atom stereocenters. The molecule has 1 aliphatic heterocycles. The zero-order valence-corrected chi connectivity index (χ0v) is 17.6. The van der Waals surface area contributed by atoms with E-state index in [9.17, 15) is 14.9 Å². The van der Waals surface area contributed by atoms with Gasteiger partial charge in [-0.2, -0.15) is 0 Å². The van der Waals surface area contributed by atoms with Crippen molar-refractivity contribution in [3.05, 3.63) is 74.9 Å². The van der Waals surface area contributed by atoms with Crippen LogP contribution in [0.5, 0.6) is 5.75 Å². The second kappa shape index (κ2) is 7.85. The van der Waals surface area contributed by atoms with Gasteiger partial charge in [0.2, 0.25) is 0 Å². The van der Waals surface area contributed by atoms with Gasteiger partial charge in [0.1, 0.15) is 5.75 Å². The van der Waals surface area contributed by atoms with E-state index in [1.165, 1.54) is 28.2 Å². The number of hydrogen-bond donors (Lipinski definition) is 1. The molecule has 0 spiro atoms. The first kappa shape index (κ1) is 19.8. The lowest BCUT2D eigenvalue weighted by atomic mass is 10.1. The Morgan fingerprint density at radius 2 is 2.16 bits per heavy atom. The Morgan fingerprint density at radius 1 is 1.28 bits per heavy atom. The number of benzene rings is 2. The van der Waals surface area contributed by atoms with Crippen molar-refractivity contribution < 1.29 is 14.5 Å². The number of ether oxygens (including phenoxy) is 1. The van der Waals surface area contributed by atoms with E-state index in [4.69, 9.17) is 4.74 Å². The Balaban J connectivity index is 1.35. The fraction of sp³-hybridized carbons (Fsp3) is 0.143. The SMILES string of the molecule is Cc1c(C(=O)Nc2nc(-c3ccc4c(c3)CCO4)cs2)nnn1-c1cccc([N+](=O)[O-])c1. The second-order valence-corrected chi connectivity index (χ2v) is 7.98. The molecule has 1 amide bonds. The number of thiazole rings is 1. The predicted octanol–water partition coefficient (Wildman–Crippen LogP) is 3.79. The number of nitrogens with one attached hydrogen (secondary N) is 1. The van der Waals surface area contributed by atoms with Crippen LogP contribution in [0.3, 0.4) is 0 Å². The number of fused-ring (bicyclic) bond motifs is 1. The molecule has 4 aromatic rings. The number of nitrogens with zero attached hydrogens (tertiary/aromatic N) is 5. The van der Waals surface area contributed by atoms with Gasteiger partial charge in [-0.3, -0.25) is 20.2 Å². The Kier molecular flexibility index (Phi) is 4.86. The van der Waals surface area contributed by atoms with E-state index in [0.717, 1.165) is 29.0 Å². The zero-order chi connectivity index (χ0) is 22.2. The monoisotopic (exact) mass is 448 g/mol. The average molecular weight is 448 g/mol. The number of nitro benzene ring substituents is 1. The van der Waals surface area contributed by atoms with Gasteiger partial charge in [-0.1, -0.05) is 11.3 Å². The average Bonchev–Trinajstić information content (AvgIpc) is 3.52. The number of aromatic nitrogens is 4. The summed E-state index contributed by atoms with van der Waals surface area (Å²) in [6.45, 7) is 2.36. The van der Waals surface area contributed by atoms with E-state index in [-0.39, 0.29) is 11.4 Å². The number of carbonyl (C=O) groups excluding carboxylic acids is 1. The number of nitro groups is 1. The van der Waals surface area contributed by atoms with Crippen LogP contribution in [-0.2, 0) is 6.42 Å². The van der Waals surface area contributed by atoms with E-state index in [0.29, 0.717) is 23.1 Å². The Labute approximate surface area is 185 Å². The van der Waals surface area contributed by atoms with Gasteiger partial charge in [-0.25, -0.2) is 9.67 Å². The molecular formula is C21H16N6O4S. The van der Waals surface area contributed by atoms with Crippen molar-refractivity contribution >= 4 is 28.1 Å². The maximum atomic E-state index is 12.8. The molecule has 2 aromatic carbocycles. The van der Waals surface area contributed by atoms with E-state index in [1.54, 1.807) is 19.1 Å². The van der Waals surface area contributed by atoms with Gasteiger partial charge in [0.25, 0.3) is 11.6 Å². The lowest BCUT2D eigenvalue weighted by Crippen LogP contribution is -2.14. The molecular weight excluding hydrogens is 432 g/mol. The van der Waals surface area contributed by atoms with Gasteiger partial charge >= 0.3 is 0 Å². The van der Waals surface area contributed by atoms with Crippen LogP contribution in [0.25, 0.3) is 16.9 Å². The van der Waals surface area contributed by atoms with Crippen molar-refractivity contribution in [3.8, 4) is 22.7 Å². The molecule has 1 N–H and O–H groups in total. The number of rotatable bonds is 5. The third kappa shape index (κ3) is 3.58. The van der Waals surface area contributed by atoms with Crippen molar-refractivity contribution in [1.82, 2.24) is 20.0 Å². The van der Waals surface area contributed by atoms with Gasteiger partial charge in [-0.15, -0.1) is 16.4 Å². The highest BCUT2D eigenvalue weighted by Crippen LogP contribution is 2.32. The highest BCUT2D eigenvalue weighted by molar-refractivity contribution is 7.14. The maximum absolute atomic E-state index is 12.8. The summed E-state index contributed by atoms with van der Waals surface area (Å²) in [4.78, 5) is 27.8. The third-order valence-corrected chi connectivity index (χ3v) is 5.86. The van der Waals surface area contributed by atoms with E-state index in [2.05, 4.69) is 26.7 Å². The van der Waals surface area contributed by atoms with Crippen molar-refractivity contribution in [2.45, 2.75) is 13.3 Å². The van der Waals surface area contributed by atoms with E-state index in [1.807, 2.05) is 17.5 Å². The van der Waals surface area contributed by atoms with Gasteiger partial charge in [-0.05, 0) is 36.8 Å². The molecule has 2 aromatic heterocycles. The summed E-state index contributed by atoms with van der Waals surface area (Å²) in [6.07, 6.45) is 0.871. The number of non-ortho nitro benzene ring substituents is 1. The zero-order valence-electron chi connectivity index (χ0n) is 16.8. The van der Waals surface area contributed by atoms with Crippen LogP contribution in [-0.4, -0.2) is 37.4 Å². The molecule has 32 heavy (non-hydrogen) atoms. The molecule has 0 radical (unpaired) electrons. The summed E-state index contributed by atoms with van der Waals surface area (Å²) in [7, 11) is 0. The first-order chi connectivity index (χ1) is 15.5. The molecule has 0 saturated heterocycles. The maximum Gasteiger partial charge on any atom is 0.279 e. The van der Waals surface area contributed by atoms with Crippen LogP contribution in [0.15, 0.2) is 47.8 Å². The largest absolute Gasteiger partial charge is 0.493 e. The summed E-state index contributed by atoms with van der Waals surface area (Å²) in [5, 5.41) is 24.0. The van der Waals surface area contributed by atoms with Crippen molar-refractivity contribution in [3.63, 3.8) is 0 Å². The molecule has 0 fully saturated rings. The van der Waals surface area contributed by atoms with Gasteiger partial charge in [0, 0.05) is 29.5 Å². The van der Waals surface area contributed by atoms with Crippen LogP contribution in [0.2, 0.25) is 0 Å². The highest BCUT2D eigenvalue weighted by Gasteiger charge is 2.20. The summed E-state index contributed by atoms with van der Waals surface area (Å²) < 4.78 is 6.93. The van der Waals surface area contributed by atoms with E-state index >= 15 is 0 Å². The molecule has 3 heterocycles. The van der Waals surface area contributed by atoms with Gasteiger partial charge < -0.3 is 4.74 Å². The quantitative estimate of drug-likeness (QED) is 0.364. The topological polar surface area (TPSA) is 125 Å². The molecule has 0 bridgehead atoms. The fourth-order valence-electron chi connectivity index (χ4n) is 3.49. The van der Waals surface area contributed by atoms with Gasteiger partial charge in [0.05, 0.1) is 28.6 Å². The Bertz CT molecular complexity index is 1360. The normalized spacial score (nSPS) is 12.3. The Hall–Kier alpha value is -4.12. The summed E-state index contributed by atoms with van der Waals surface area (Å²) in [5.41, 5.74) is 3.81. The standard InChI is InChI=1S/C21H16N6O4S/c1-12-19(24-25-26(12)15-3-2-4-16(10-15)27(29)30)20(28)23-21-22-17(11-32-21)13-5-6-18-14(9-13)7-8-31-18/h2-6,9-11H,7-8H2,1H3,(H,22,23,28). The summed E-state index contributed by atoms with van der Waals surface area (Å²) in [6, 6.07) is 11.9. The minimum Gasteiger partial charge on any atom is -0.493 e. The van der Waals surface area contributed by atoms with Crippen LogP contribution in [0.1, 0.15) is 21.7 Å². The fourth-order valence-corrected chi connectivity index (χ4v) is 4.20. The lowest BCUT2D eigenvalue weighted by molar-refractivity contribution is -0.384. The minimum absolute atomic E-state index is 0.0724. The molecule has 11 heteroatoms. The molecule has 0 atom stereocenters. The molecule has 10 nitrogen and oxygen atoms in total.